The molecule has 0 aliphatic heterocycles. The highest BCUT2D eigenvalue weighted by molar-refractivity contribution is 7.17. The smallest absolute Gasteiger partial charge is 0.348 e. The fourth-order valence-electron chi connectivity index (χ4n) is 2.40. The molecule has 0 saturated heterocycles. The number of benzene rings is 1. The average molecular weight is 361 g/mol. The highest BCUT2D eigenvalue weighted by atomic mass is 35.5. The summed E-state index contributed by atoms with van der Waals surface area (Å²) in [5.41, 5.74) is 2.15. The van der Waals surface area contributed by atoms with Crippen molar-refractivity contribution in [3.63, 3.8) is 0 Å². The van der Waals surface area contributed by atoms with Crippen LogP contribution in [0.4, 0.5) is 0 Å². The lowest BCUT2D eigenvalue weighted by Gasteiger charge is -2.02. The zero-order valence-corrected chi connectivity index (χ0v) is 14.8. The van der Waals surface area contributed by atoms with E-state index in [4.69, 9.17) is 16.3 Å². The molecule has 124 valence electrons. The van der Waals surface area contributed by atoms with Gasteiger partial charge in [-0.25, -0.2) is 4.79 Å². The number of ether oxygens (including phenoxy) is 1. The van der Waals surface area contributed by atoms with Crippen LogP contribution in [0.5, 0.6) is 0 Å². The van der Waals surface area contributed by atoms with Crippen LogP contribution in [0.1, 0.15) is 21.7 Å². The lowest BCUT2D eigenvalue weighted by atomic mass is 10.1. The number of hydrogen-bond acceptors (Lipinski definition) is 4. The van der Waals surface area contributed by atoms with E-state index < -0.39 is 0 Å². The second-order valence-electron chi connectivity index (χ2n) is 5.35. The minimum atomic E-state index is -0.311. The van der Waals surface area contributed by atoms with Gasteiger partial charge in [0.15, 0.2) is 0 Å². The Morgan fingerprint density at radius 1 is 1.21 bits per heavy atom. The fourth-order valence-corrected chi connectivity index (χ4v) is 3.41. The third-order valence-electron chi connectivity index (χ3n) is 3.65. The molecular formula is C18H17ClN2O2S. The number of thiophene rings is 1. The van der Waals surface area contributed by atoms with Crippen molar-refractivity contribution in [1.29, 1.82) is 0 Å². The summed E-state index contributed by atoms with van der Waals surface area (Å²) in [5, 5.41) is 5.34. The van der Waals surface area contributed by atoms with Gasteiger partial charge in [0.25, 0.3) is 0 Å². The molecule has 0 amide bonds. The van der Waals surface area contributed by atoms with E-state index in [1.165, 1.54) is 24.0 Å². The number of carbonyl (C=O) groups is 1. The second kappa shape index (κ2) is 7.64. The van der Waals surface area contributed by atoms with E-state index in [-0.39, 0.29) is 5.97 Å². The largest absolute Gasteiger partial charge is 0.465 e. The first-order chi connectivity index (χ1) is 11.7. The number of rotatable bonds is 6. The number of halogens is 1. The second-order valence-corrected chi connectivity index (χ2v) is 6.87. The van der Waals surface area contributed by atoms with Crippen molar-refractivity contribution in [2.75, 3.05) is 7.11 Å². The average Bonchev–Trinajstić information content (AvgIpc) is 3.25. The van der Waals surface area contributed by atoms with Gasteiger partial charge < -0.3 is 4.74 Å². The maximum atomic E-state index is 11.5. The summed E-state index contributed by atoms with van der Waals surface area (Å²) in [7, 11) is 1.39. The molecule has 6 heteroatoms. The highest BCUT2D eigenvalue weighted by Gasteiger charge is 2.11. The van der Waals surface area contributed by atoms with Gasteiger partial charge in [0.1, 0.15) is 10.6 Å². The molecule has 0 aliphatic rings. The van der Waals surface area contributed by atoms with Gasteiger partial charge in [0.2, 0.25) is 0 Å². The fraction of sp³-hybridized carbons (Fsp3) is 0.222. The van der Waals surface area contributed by atoms with Crippen molar-refractivity contribution in [3.8, 4) is 10.6 Å². The molecule has 0 bridgehead atoms. The van der Waals surface area contributed by atoms with E-state index in [0.717, 1.165) is 35.0 Å². The van der Waals surface area contributed by atoms with Crippen molar-refractivity contribution in [3.05, 3.63) is 64.1 Å². The van der Waals surface area contributed by atoms with Gasteiger partial charge in [-0.3, -0.25) is 4.68 Å². The van der Waals surface area contributed by atoms with Crippen LogP contribution in [0.2, 0.25) is 5.02 Å². The Labute approximate surface area is 149 Å². The van der Waals surface area contributed by atoms with E-state index in [9.17, 15) is 4.79 Å². The molecule has 0 spiro atoms. The number of nitrogens with zero attached hydrogens (tertiary/aromatic N) is 2. The molecule has 2 heterocycles. The Bertz CT molecular complexity index is 824. The summed E-state index contributed by atoms with van der Waals surface area (Å²) >= 11 is 7.28. The van der Waals surface area contributed by atoms with Crippen LogP contribution < -0.4 is 0 Å². The number of hydrogen-bond donors (Lipinski definition) is 0. The van der Waals surface area contributed by atoms with Crippen LogP contribution in [0.25, 0.3) is 10.6 Å². The van der Waals surface area contributed by atoms with Gasteiger partial charge in [-0.1, -0.05) is 23.7 Å². The minimum Gasteiger partial charge on any atom is -0.465 e. The molecule has 1 aromatic carbocycles. The predicted molar refractivity (Wildman–Crippen MR) is 96.7 cm³/mol. The molecule has 4 nitrogen and oxygen atoms in total. The number of aromatic nitrogens is 2. The Kier molecular flexibility index (Phi) is 5.33. The number of carbonyl (C=O) groups excluding carboxylic acids is 1. The lowest BCUT2D eigenvalue weighted by Crippen LogP contribution is -2.00. The van der Waals surface area contributed by atoms with Crippen molar-refractivity contribution >= 4 is 28.9 Å². The van der Waals surface area contributed by atoms with Gasteiger partial charge in [-0.15, -0.1) is 11.3 Å². The van der Waals surface area contributed by atoms with E-state index in [2.05, 4.69) is 17.2 Å². The van der Waals surface area contributed by atoms with Crippen LogP contribution in [0.3, 0.4) is 0 Å². The molecule has 0 N–H and O–H groups in total. The van der Waals surface area contributed by atoms with Crippen LogP contribution in [0.15, 0.2) is 48.7 Å². The van der Waals surface area contributed by atoms with Gasteiger partial charge in [0, 0.05) is 17.8 Å². The van der Waals surface area contributed by atoms with Crippen molar-refractivity contribution in [2.45, 2.75) is 19.4 Å². The maximum Gasteiger partial charge on any atom is 0.348 e. The van der Waals surface area contributed by atoms with E-state index in [1.54, 1.807) is 6.07 Å². The predicted octanol–water partition coefficient (Wildman–Crippen LogP) is 4.68. The summed E-state index contributed by atoms with van der Waals surface area (Å²) in [6.07, 6.45) is 3.95. The third-order valence-corrected chi connectivity index (χ3v) is 4.99. The molecule has 0 atom stereocenters. The summed E-state index contributed by atoms with van der Waals surface area (Å²) in [5.74, 6) is -0.311. The SMILES string of the molecule is COC(=O)c1ccc(-c2ccn(CCCc3ccc(Cl)cc3)n2)s1. The Balaban J connectivity index is 1.58. The molecule has 0 fully saturated rings. The molecule has 2 aromatic heterocycles. The molecule has 3 aromatic rings. The van der Waals surface area contributed by atoms with Crippen LogP contribution in [0, 0.1) is 0 Å². The number of esters is 1. The van der Waals surface area contributed by atoms with E-state index in [0.29, 0.717) is 4.88 Å². The summed E-state index contributed by atoms with van der Waals surface area (Å²) in [4.78, 5) is 13.1. The first-order valence-electron chi connectivity index (χ1n) is 7.62. The first-order valence-corrected chi connectivity index (χ1v) is 8.81. The molecule has 24 heavy (non-hydrogen) atoms. The van der Waals surface area contributed by atoms with Gasteiger partial charge in [-0.2, -0.15) is 5.10 Å². The summed E-state index contributed by atoms with van der Waals surface area (Å²) in [6, 6.07) is 13.6. The molecule has 0 radical (unpaired) electrons. The third kappa shape index (κ3) is 4.04. The molecule has 3 rings (SSSR count). The number of methoxy groups -OCH3 is 1. The lowest BCUT2D eigenvalue weighted by molar-refractivity contribution is 0.0606. The normalized spacial score (nSPS) is 10.8. The highest BCUT2D eigenvalue weighted by Crippen LogP contribution is 2.27. The topological polar surface area (TPSA) is 44.1 Å². The van der Waals surface area contributed by atoms with Crippen LogP contribution in [-0.2, 0) is 17.7 Å². The quantitative estimate of drug-likeness (QED) is 0.599. The molecule has 0 aliphatic carbocycles. The standard InChI is InChI=1S/C18H17ClN2O2S/c1-23-18(22)17-9-8-16(24-17)15-10-12-21(20-15)11-2-3-13-4-6-14(19)7-5-13/h4-10,12H,2-3,11H2,1H3. The van der Waals surface area contributed by atoms with E-state index in [1.807, 2.05) is 35.1 Å². The minimum absolute atomic E-state index is 0.311. The molecular weight excluding hydrogens is 344 g/mol. The van der Waals surface area contributed by atoms with Gasteiger partial charge >= 0.3 is 5.97 Å². The zero-order chi connectivity index (χ0) is 16.9. The zero-order valence-electron chi connectivity index (χ0n) is 13.2. The van der Waals surface area contributed by atoms with Crippen molar-refractivity contribution in [2.24, 2.45) is 0 Å². The summed E-state index contributed by atoms with van der Waals surface area (Å²) in [6.45, 7) is 0.845. The number of aryl methyl sites for hydroxylation is 2. The van der Waals surface area contributed by atoms with Gasteiger partial charge in [0.05, 0.1) is 12.0 Å². The van der Waals surface area contributed by atoms with Crippen molar-refractivity contribution in [1.82, 2.24) is 9.78 Å². The maximum absolute atomic E-state index is 11.5. The Morgan fingerprint density at radius 3 is 2.75 bits per heavy atom. The monoisotopic (exact) mass is 360 g/mol. The molecule has 0 unspecified atom stereocenters. The summed E-state index contributed by atoms with van der Waals surface area (Å²) < 4.78 is 6.66. The Hall–Kier alpha value is -2.11. The van der Waals surface area contributed by atoms with Crippen LogP contribution in [-0.4, -0.2) is 22.9 Å². The Morgan fingerprint density at radius 2 is 2.00 bits per heavy atom. The van der Waals surface area contributed by atoms with Crippen LogP contribution >= 0.6 is 22.9 Å². The first kappa shape index (κ1) is 16.7. The van der Waals surface area contributed by atoms with Gasteiger partial charge in [-0.05, 0) is 48.7 Å². The van der Waals surface area contributed by atoms with E-state index >= 15 is 0 Å². The van der Waals surface area contributed by atoms with Crippen molar-refractivity contribution < 1.29 is 9.53 Å². The molecule has 0 saturated carbocycles.